The number of amides is 2. The lowest BCUT2D eigenvalue weighted by Gasteiger charge is -2.26. The van der Waals surface area contributed by atoms with E-state index >= 15 is 0 Å². The Bertz CT molecular complexity index is 849. The van der Waals surface area contributed by atoms with Gasteiger partial charge in [-0.2, -0.15) is 0 Å². The van der Waals surface area contributed by atoms with Gasteiger partial charge in [0.2, 0.25) is 11.8 Å². The molecular formula is C22H31N3O4. The zero-order valence-electron chi connectivity index (χ0n) is 17.1. The lowest BCUT2D eigenvalue weighted by Crippen LogP contribution is -2.51. The summed E-state index contributed by atoms with van der Waals surface area (Å²) in [5.41, 5.74) is 1.94. The van der Waals surface area contributed by atoms with Gasteiger partial charge in [0.05, 0.1) is 18.1 Å². The van der Waals surface area contributed by atoms with Crippen LogP contribution in [0.5, 0.6) is 0 Å². The molecule has 7 nitrogen and oxygen atoms in total. The van der Waals surface area contributed by atoms with Crippen LogP contribution in [0.15, 0.2) is 30.5 Å². The minimum Gasteiger partial charge on any atom is -0.393 e. The second-order valence-electron chi connectivity index (χ2n) is 8.11. The molecule has 4 atom stereocenters. The first-order chi connectivity index (χ1) is 13.9. The molecule has 2 aromatic rings. The minimum atomic E-state index is -0.855. The fraction of sp³-hybridized carbons (Fsp3) is 0.545. The van der Waals surface area contributed by atoms with Crippen molar-refractivity contribution in [1.82, 2.24) is 15.2 Å². The number of para-hydroxylation sites is 1. The fourth-order valence-corrected chi connectivity index (χ4v) is 3.90. The number of rotatable bonds is 2. The number of fused-ring (bicyclic) bond motifs is 1. The maximum atomic E-state index is 13.1. The summed E-state index contributed by atoms with van der Waals surface area (Å²) < 4.78 is 0. The molecule has 1 aromatic heterocycles. The van der Waals surface area contributed by atoms with Gasteiger partial charge in [-0.3, -0.25) is 9.59 Å². The highest BCUT2D eigenvalue weighted by atomic mass is 16.3. The third kappa shape index (κ3) is 5.16. The number of aromatic nitrogens is 1. The summed E-state index contributed by atoms with van der Waals surface area (Å²) in [6.45, 7) is 2.16. The highest BCUT2D eigenvalue weighted by Gasteiger charge is 2.30. The van der Waals surface area contributed by atoms with Gasteiger partial charge in [0.25, 0.3) is 0 Å². The molecule has 0 spiro atoms. The number of hydrogen-bond acceptors (Lipinski definition) is 4. The Morgan fingerprint density at radius 2 is 1.90 bits per heavy atom. The molecule has 0 unspecified atom stereocenters. The van der Waals surface area contributed by atoms with Crippen molar-refractivity contribution in [3.8, 4) is 0 Å². The Morgan fingerprint density at radius 1 is 1.14 bits per heavy atom. The molecule has 0 aliphatic carbocycles. The standard InChI is InChI=1S/C22H31N3O4/c1-14-20(27)10-9-16(26)6-5-11-25(2)22(29)19(24-21(14)28)12-15-13-23-18-8-4-3-7-17(15)18/h3-4,7-8,13-14,16,19-20,23,26-27H,5-6,9-12H2,1-2H3,(H,24,28)/t14-,16-,19+,20+/m1/s1. The third-order valence-corrected chi connectivity index (χ3v) is 5.91. The van der Waals surface area contributed by atoms with Crippen molar-refractivity contribution in [3.63, 3.8) is 0 Å². The molecule has 1 aliphatic heterocycles. The summed E-state index contributed by atoms with van der Waals surface area (Å²) in [4.78, 5) is 30.7. The van der Waals surface area contributed by atoms with Gasteiger partial charge in [0.15, 0.2) is 0 Å². The van der Waals surface area contributed by atoms with Gasteiger partial charge in [-0.1, -0.05) is 25.1 Å². The predicted molar refractivity (Wildman–Crippen MR) is 111 cm³/mol. The average Bonchev–Trinajstić information content (AvgIpc) is 3.12. The van der Waals surface area contributed by atoms with E-state index in [4.69, 9.17) is 0 Å². The molecule has 1 fully saturated rings. The summed E-state index contributed by atoms with van der Waals surface area (Å²) in [5, 5.41) is 24.3. The molecular weight excluding hydrogens is 370 g/mol. The largest absolute Gasteiger partial charge is 0.393 e. The van der Waals surface area contributed by atoms with Gasteiger partial charge in [-0.25, -0.2) is 0 Å². The van der Waals surface area contributed by atoms with Crippen molar-refractivity contribution in [3.05, 3.63) is 36.0 Å². The molecule has 1 aromatic carbocycles. The molecule has 0 saturated carbocycles. The molecule has 7 heteroatoms. The van der Waals surface area contributed by atoms with Gasteiger partial charge >= 0.3 is 0 Å². The van der Waals surface area contributed by atoms with E-state index in [2.05, 4.69) is 10.3 Å². The van der Waals surface area contributed by atoms with Crippen LogP contribution in [0.1, 0.15) is 38.2 Å². The van der Waals surface area contributed by atoms with Crippen molar-refractivity contribution in [2.75, 3.05) is 13.6 Å². The SMILES string of the molecule is C[C@H]1C(=O)N[C@@H](Cc2c[nH]c3ccccc23)C(=O)N(C)CCC[C@@H](O)CC[C@@H]1O. The molecule has 0 radical (unpaired) electrons. The van der Waals surface area contributed by atoms with Gasteiger partial charge in [0.1, 0.15) is 6.04 Å². The van der Waals surface area contributed by atoms with E-state index < -0.39 is 24.2 Å². The number of hydrogen-bond donors (Lipinski definition) is 4. The van der Waals surface area contributed by atoms with Crippen LogP contribution in [0.2, 0.25) is 0 Å². The first-order valence-electron chi connectivity index (χ1n) is 10.3. The number of nitrogens with one attached hydrogen (secondary N) is 2. The number of benzene rings is 1. The van der Waals surface area contributed by atoms with Crippen LogP contribution in [-0.2, 0) is 16.0 Å². The van der Waals surface area contributed by atoms with E-state index in [-0.39, 0.29) is 11.8 Å². The zero-order valence-corrected chi connectivity index (χ0v) is 17.1. The number of carbonyl (C=O) groups excluding carboxylic acids is 2. The van der Waals surface area contributed by atoms with Gasteiger partial charge < -0.3 is 25.4 Å². The molecule has 0 bridgehead atoms. The maximum absolute atomic E-state index is 13.1. The molecule has 158 valence electrons. The third-order valence-electron chi connectivity index (χ3n) is 5.91. The summed E-state index contributed by atoms with van der Waals surface area (Å²) >= 11 is 0. The number of nitrogens with zero attached hydrogens (tertiary/aromatic N) is 1. The van der Waals surface area contributed by atoms with Crippen LogP contribution >= 0.6 is 0 Å². The van der Waals surface area contributed by atoms with Crippen LogP contribution < -0.4 is 5.32 Å². The van der Waals surface area contributed by atoms with E-state index in [1.54, 1.807) is 18.9 Å². The second-order valence-corrected chi connectivity index (χ2v) is 8.11. The van der Waals surface area contributed by atoms with E-state index in [9.17, 15) is 19.8 Å². The topological polar surface area (TPSA) is 106 Å². The van der Waals surface area contributed by atoms with Crippen LogP contribution in [0.25, 0.3) is 10.9 Å². The number of aliphatic hydroxyl groups is 2. The van der Waals surface area contributed by atoms with Crippen molar-refractivity contribution in [1.29, 1.82) is 0 Å². The molecule has 2 amide bonds. The first-order valence-corrected chi connectivity index (χ1v) is 10.3. The molecule has 2 heterocycles. The monoisotopic (exact) mass is 401 g/mol. The summed E-state index contributed by atoms with van der Waals surface area (Å²) in [7, 11) is 1.72. The van der Waals surface area contributed by atoms with Gasteiger partial charge in [-0.15, -0.1) is 0 Å². The number of H-pyrrole nitrogens is 1. The van der Waals surface area contributed by atoms with Crippen LogP contribution in [0.4, 0.5) is 0 Å². The van der Waals surface area contributed by atoms with E-state index in [0.29, 0.717) is 38.6 Å². The van der Waals surface area contributed by atoms with Crippen molar-refractivity contribution < 1.29 is 19.8 Å². The van der Waals surface area contributed by atoms with Crippen molar-refractivity contribution >= 4 is 22.7 Å². The summed E-state index contributed by atoms with van der Waals surface area (Å²) in [5.74, 6) is -1.18. The molecule has 1 saturated heterocycles. The quantitative estimate of drug-likeness (QED) is 0.613. The van der Waals surface area contributed by atoms with E-state index in [1.165, 1.54) is 0 Å². The van der Waals surface area contributed by atoms with Crippen molar-refractivity contribution in [2.24, 2.45) is 5.92 Å². The van der Waals surface area contributed by atoms with Crippen LogP contribution in [0.3, 0.4) is 0 Å². The minimum absolute atomic E-state index is 0.168. The van der Waals surface area contributed by atoms with Crippen LogP contribution in [-0.4, -0.2) is 63.8 Å². The second kappa shape index (κ2) is 9.41. The highest BCUT2D eigenvalue weighted by Crippen LogP contribution is 2.21. The Balaban J connectivity index is 1.85. The Morgan fingerprint density at radius 3 is 2.69 bits per heavy atom. The lowest BCUT2D eigenvalue weighted by molar-refractivity contribution is -0.137. The normalized spacial score (nSPS) is 27.8. The Labute approximate surface area is 171 Å². The number of aliphatic hydroxyl groups excluding tert-OH is 2. The van der Waals surface area contributed by atoms with Crippen LogP contribution in [0, 0.1) is 5.92 Å². The lowest BCUT2D eigenvalue weighted by atomic mass is 9.96. The first kappa shape index (κ1) is 21.3. The zero-order chi connectivity index (χ0) is 21.0. The van der Waals surface area contributed by atoms with Gasteiger partial charge in [0, 0.05) is 37.1 Å². The fourth-order valence-electron chi connectivity index (χ4n) is 3.90. The highest BCUT2D eigenvalue weighted by molar-refractivity contribution is 5.90. The van der Waals surface area contributed by atoms with E-state index in [0.717, 1.165) is 16.5 Å². The Hall–Kier alpha value is -2.38. The number of aromatic amines is 1. The van der Waals surface area contributed by atoms with Gasteiger partial charge in [-0.05, 0) is 37.3 Å². The molecule has 29 heavy (non-hydrogen) atoms. The average molecular weight is 402 g/mol. The summed E-state index contributed by atoms with van der Waals surface area (Å²) in [6.07, 6.45) is 2.88. The predicted octanol–water partition coefficient (Wildman–Crippen LogP) is 1.59. The molecule has 4 N–H and O–H groups in total. The Kier molecular flexibility index (Phi) is 6.92. The van der Waals surface area contributed by atoms with E-state index in [1.807, 2.05) is 30.5 Å². The maximum Gasteiger partial charge on any atom is 0.245 e. The molecule has 3 rings (SSSR count). The number of carbonyl (C=O) groups is 2. The molecule has 1 aliphatic rings. The smallest absolute Gasteiger partial charge is 0.245 e. The van der Waals surface area contributed by atoms with Crippen molar-refractivity contribution in [2.45, 2.75) is 57.3 Å². The summed E-state index contributed by atoms with van der Waals surface area (Å²) in [6, 6.07) is 7.14. The number of likely N-dealkylation sites (N-methyl/N-ethyl adjacent to an activating group) is 1.